The summed E-state index contributed by atoms with van der Waals surface area (Å²) in [5.41, 5.74) is -2.53. The second-order valence-electron chi connectivity index (χ2n) is 11.6. The van der Waals surface area contributed by atoms with Crippen LogP contribution < -0.4 is 9.64 Å². The number of aliphatic hydroxyl groups is 1. The van der Waals surface area contributed by atoms with Crippen molar-refractivity contribution in [2.75, 3.05) is 18.1 Å². The van der Waals surface area contributed by atoms with Crippen molar-refractivity contribution in [1.29, 1.82) is 0 Å². The molecule has 13 heteroatoms. The number of allylic oxidation sites excluding steroid dienone is 6. The number of aliphatic hydroxyl groups excluding tert-OH is 1. The molecule has 2 aromatic carbocycles. The number of hydrogen-bond acceptors (Lipinski definition) is 6. The lowest BCUT2D eigenvalue weighted by Gasteiger charge is -2.42. The number of nitrogens with zero attached hydrogens (tertiary/aromatic N) is 1. The van der Waals surface area contributed by atoms with E-state index in [1.807, 2.05) is 0 Å². The predicted molar refractivity (Wildman–Crippen MR) is 149 cm³/mol. The standard InChI is InChI=1S/C33H25F6NO6/c1-15-10-25(42)28-24(29(15)43)14-23-21(26(28)16-2-4-20(5-3-16)46-9-8-41)6-7-22-27(23)31(45)40(30(22)44)19-12-17(32(34,35)36)11-18(13-19)33(37,38)39/h2-6,10-13,22-23,26-27,41H,7-9,14H2,1H3. The topological polar surface area (TPSA) is 101 Å². The van der Waals surface area contributed by atoms with Crippen molar-refractivity contribution >= 4 is 29.1 Å². The van der Waals surface area contributed by atoms with Gasteiger partial charge in [-0.15, -0.1) is 0 Å². The number of imide groups is 1. The van der Waals surface area contributed by atoms with Crippen molar-refractivity contribution in [2.24, 2.45) is 17.8 Å². The molecule has 4 unspecified atom stereocenters. The van der Waals surface area contributed by atoms with Gasteiger partial charge < -0.3 is 9.84 Å². The van der Waals surface area contributed by atoms with E-state index in [1.54, 1.807) is 30.3 Å². The zero-order valence-electron chi connectivity index (χ0n) is 24.0. The SMILES string of the molecule is CC1=CC(=O)C2=C(CC3C(=CCC4C(=O)N(c5cc(C(F)(F)F)cc(C(F)(F)F)c5)C(=O)C43)C2c2ccc(OCCO)cc2)C1=O. The molecule has 0 aromatic heterocycles. The van der Waals surface area contributed by atoms with Gasteiger partial charge in [0.05, 0.1) is 35.3 Å². The molecular formula is C33H25F6NO6. The summed E-state index contributed by atoms with van der Waals surface area (Å²) >= 11 is 0. The van der Waals surface area contributed by atoms with Gasteiger partial charge in [-0.3, -0.25) is 19.2 Å². The minimum absolute atomic E-state index is 0.0361. The fourth-order valence-corrected chi connectivity index (χ4v) is 7.00. The molecule has 0 saturated carbocycles. The lowest BCUT2D eigenvalue weighted by molar-refractivity contribution is -0.143. The van der Waals surface area contributed by atoms with E-state index >= 15 is 0 Å². The van der Waals surface area contributed by atoms with Gasteiger partial charge in [-0.1, -0.05) is 23.8 Å². The van der Waals surface area contributed by atoms with Crippen molar-refractivity contribution in [3.05, 3.63) is 93.6 Å². The van der Waals surface area contributed by atoms with E-state index in [-0.39, 0.29) is 48.8 Å². The highest BCUT2D eigenvalue weighted by atomic mass is 19.4. The summed E-state index contributed by atoms with van der Waals surface area (Å²) in [5.74, 6) is -6.29. The van der Waals surface area contributed by atoms with Crippen molar-refractivity contribution in [2.45, 2.75) is 38.0 Å². The Bertz CT molecular complexity index is 1740. The zero-order chi connectivity index (χ0) is 33.3. The molecule has 1 saturated heterocycles. The smallest absolute Gasteiger partial charge is 0.416 e. The first kappa shape index (κ1) is 31.5. The minimum atomic E-state index is -5.19. The number of hydrogen-bond donors (Lipinski definition) is 1. The van der Waals surface area contributed by atoms with Gasteiger partial charge in [0.1, 0.15) is 12.4 Å². The Labute approximate surface area is 257 Å². The number of rotatable bonds is 5. The molecule has 2 amide bonds. The average Bonchev–Trinajstić information content (AvgIpc) is 3.26. The number of alkyl halides is 6. The molecule has 240 valence electrons. The molecule has 4 atom stereocenters. The minimum Gasteiger partial charge on any atom is -0.491 e. The lowest BCUT2D eigenvalue weighted by Crippen LogP contribution is -2.39. The van der Waals surface area contributed by atoms with E-state index in [0.29, 0.717) is 33.9 Å². The first-order valence-electron chi connectivity index (χ1n) is 14.3. The van der Waals surface area contributed by atoms with Gasteiger partial charge in [-0.05, 0) is 67.7 Å². The second kappa shape index (κ2) is 11.1. The van der Waals surface area contributed by atoms with E-state index in [0.717, 1.165) is 0 Å². The van der Waals surface area contributed by atoms with Crippen LogP contribution in [0.4, 0.5) is 32.0 Å². The maximum absolute atomic E-state index is 14.0. The van der Waals surface area contributed by atoms with Crippen LogP contribution in [0.15, 0.2) is 76.9 Å². The zero-order valence-corrected chi connectivity index (χ0v) is 24.0. The van der Waals surface area contributed by atoms with E-state index in [2.05, 4.69) is 0 Å². The van der Waals surface area contributed by atoms with Crippen LogP contribution in [0.2, 0.25) is 0 Å². The summed E-state index contributed by atoms with van der Waals surface area (Å²) in [6, 6.07) is 7.15. The number of benzene rings is 2. The molecule has 3 aliphatic carbocycles. The fourth-order valence-electron chi connectivity index (χ4n) is 7.00. The first-order chi connectivity index (χ1) is 21.6. The van der Waals surface area contributed by atoms with Crippen LogP contribution in [0.25, 0.3) is 0 Å². The molecule has 0 bridgehead atoms. The van der Waals surface area contributed by atoms with Crippen molar-refractivity contribution in [3.63, 3.8) is 0 Å². The van der Waals surface area contributed by atoms with Gasteiger partial charge in [0.2, 0.25) is 11.8 Å². The summed E-state index contributed by atoms with van der Waals surface area (Å²) in [7, 11) is 0. The van der Waals surface area contributed by atoms with Crippen molar-refractivity contribution in [3.8, 4) is 5.75 Å². The Morgan fingerprint density at radius 2 is 1.52 bits per heavy atom. The third-order valence-corrected chi connectivity index (χ3v) is 8.97. The normalized spacial score (nSPS) is 24.8. The maximum Gasteiger partial charge on any atom is 0.416 e. The van der Waals surface area contributed by atoms with Crippen LogP contribution in [0.3, 0.4) is 0 Å². The van der Waals surface area contributed by atoms with Crippen LogP contribution >= 0.6 is 0 Å². The number of carbonyl (C=O) groups excluding carboxylic acids is 4. The molecule has 4 aliphatic rings. The highest BCUT2D eigenvalue weighted by Crippen LogP contribution is 2.55. The number of carbonyl (C=O) groups is 4. The highest BCUT2D eigenvalue weighted by molar-refractivity contribution is 6.25. The average molecular weight is 646 g/mol. The largest absolute Gasteiger partial charge is 0.491 e. The Hall–Kier alpha value is -4.52. The number of ketones is 2. The molecule has 0 spiro atoms. The van der Waals surface area contributed by atoms with Gasteiger partial charge >= 0.3 is 12.4 Å². The number of fused-ring (bicyclic) bond motifs is 3. The third-order valence-electron chi connectivity index (χ3n) is 8.97. The third kappa shape index (κ3) is 5.16. The summed E-state index contributed by atoms with van der Waals surface area (Å²) in [5, 5.41) is 9.06. The highest BCUT2D eigenvalue weighted by Gasteiger charge is 2.57. The summed E-state index contributed by atoms with van der Waals surface area (Å²) < 4.78 is 87.2. The molecule has 46 heavy (non-hydrogen) atoms. The Morgan fingerprint density at radius 1 is 0.891 bits per heavy atom. The molecule has 7 nitrogen and oxygen atoms in total. The number of halogens is 6. The van der Waals surface area contributed by atoms with Crippen LogP contribution in [-0.2, 0) is 31.5 Å². The summed E-state index contributed by atoms with van der Waals surface area (Å²) in [4.78, 5) is 54.8. The number of anilines is 1. The van der Waals surface area contributed by atoms with Crippen LogP contribution in [-0.4, -0.2) is 41.7 Å². The van der Waals surface area contributed by atoms with Gasteiger partial charge in [-0.25, -0.2) is 4.90 Å². The van der Waals surface area contributed by atoms with E-state index in [1.165, 1.54) is 13.0 Å². The monoisotopic (exact) mass is 645 g/mol. The van der Waals surface area contributed by atoms with Crippen LogP contribution in [0, 0.1) is 17.8 Å². The lowest BCUT2D eigenvalue weighted by atomic mass is 9.59. The number of ether oxygens (including phenoxy) is 1. The molecule has 1 fully saturated rings. The molecule has 1 heterocycles. The van der Waals surface area contributed by atoms with Crippen LogP contribution in [0.1, 0.15) is 42.4 Å². The molecule has 0 radical (unpaired) electrons. The van der Waals surface area contributed by atoms with E-state index in [9.17, 15) is 45.5 Å². The Kier molecular flexibility index (Phi) is 7.57. The number of amides is 2. The molecule has 1 aliphatic heterocycles. The Morgan fingerprint density at radius 3 is 2.11 bits per heavy atom. The molecular weight excluding hydrogens is 620 g/mol. The number of Topliss-reactive ketones (excluding diaryl/α,β-unsaturated/α-hetero) is 1. The Balaban J connectivity index is 1.44. The van der Waals surface area contributed by atoms with Crippen molar-refractivity contribution in [1.82, 2.24) is 0 Å². The second-order valence-corrected chi connectivity index (χ2v) is 11.6. The van der Waals surface area contributed by atoms with Gasteiger partial charge in [0.25, 0.3) is 0 Å². The van der Waals surface area contributed by atoms with Gasteiger partial charge in [0.15, 0.2) is 11.6 Å². The van der Waals surface area contributed by atoms with E-state index < -0.39 is 76.2 Å². The van der Waals surface area contributed by atoms with E-state index in [4.69, 9.17) is 9.84 Å². The predicted octanol–water partition coefficient (Wildman–Crippen LogP) is 5.73. The quantitative estimate of drug-likeness (QED) is 0.193. The first-order valence-corrected chi connectivity index (χ1v) is 14.3. The van der Waals surface area contributed by atoms with Crippen molar-refractivity contribution < 1.29 is 55.4 Å². The molecule has 1 N–H and O–H groups in total. The maximum atomic E-state index is 14.0. The fraction of sp³-hybridized carbons (Fsp3) is 0.333. The van der Waals surface area contributed by atoms with Crippen LogP contribution in [0.5, 0.6) is 5.75 Å². The van der Waals surface area contributed by atoms with Gasteiger partial charge in [0, 0.05) is 22.6 Å². The molecule has 6 rings (SSSR count). The summed E-state index contributed by atoms with van der Waals surface area (Å²) in [6.07, 6.45) is -7.65. The molecule has 2 aromatic rings. The van der Waals surface area contributed by atoms with Gasteiger partial charge in [-0.2, -0.15) is 26.3 Å². The summed E-state index contributed by atoms with van der Waals surface area (Å²) in [6.45, 7) is 1.29.